The molecule has 21 heavy (non-hydrogen) atoms. The van der Waals surface area contributed by atoms with E-state index in [1.54, 1.807) is 20.8 Å². The third-order valence-corrected chi connectivity index (χ3v) is 4.08. The van der Waals surface area contributed by atoms with E-state index in [1.165, 1.54) is 11.0 Å². The topological polar surface area (TPSA) is 49.4 Å². The van der Waals surface area contributed by atoms with Crippen molar-refractivity contribution in [1.29, 1.82) is 0 Å². The minimum atomic E-state index is -0.992. The van der Waals surface area contributed by atoms with Crippen molar-refractivity contribution < 1.29 is 18.4 Å². The molecule has 6 heteroatoms. The van der Waals surface area contributed by atoms with E-state index in [2.05, 4.69) is 5.32 Å². The summed E-state index contributed by atoms with van der Waals surface area (Å²) < 4.78 is 26.3. The minimum Gasteiger partial charge on any atom is -0.343 e. The summed E-state index contributed by atoms with van der Waals surface area (Å²) in [5, 5.41) is 2.64. The van der Waals surface area contributed by atoms with Crippen molar-refractivity contribution in [2.24, 2.45) is 0 Å². The number of carbonyl (C=O) groups excluding carboxylic acids is 2. The smallest absolute Gasteiger partial charge is 0.246 e. The first-order valence-corrected chi connectivity index (χ1v) is 6.86. The van der Waals surface area contributed by atoms with E-state index in [4.69, 9.17) is 0 Å². The van der Waals surface area contributed by atoms with Crippen molar-refractivity contribution >= 4 is 11.8 Å². The number of benzene rings is 1. The van der Waals surface area contributed by atoms with Crippen LogP contribution in [0.1, 0.15) is 32.8 Å². The van der Waals surface area contributed by atoms with E-state index in [0.717, 1.165) is 12.1 Å². The monoisotopic (exact) mass is 296 g/mol. The number of carbonyl (C=O) groups is 2. The Bertz CT molecular complexity index is 591. The number of amides is 2. The van der Waals surface area contributed by atoms with E-state index in [9.17, 15) is 18.4 Å². The van der Waals surface area contributed by atoms with E-state index >= 15 is 0 Å². The fraction of sp³-hybridized carbons (Fsp3) is 0.467. The molecule has 0 aliphatic carbocycles. The normalized spacial score (nSPS) is 26.0. The molecule has 0 aromatic heterocycles. The minimum absolute atomic E-state index is 0.0676. The number of halogens is 2. The molecule has 1 aromatic carbocycles. The lowest BCUT2D eigenvalue weighted by molar-refractivity contribution is -0.157. The predicted octanol–water partition coefficient (Wildman–Crippen LogP) is 1.98. The van der Waals surface area contributed by atoms with Crippen LogP contribution in [0.4, 0.5) is 8.78 Å². The first-order chi connectivity index (χ1) is 9.79. The number of nitrogens with one attached hydrogen (secondary N) is 1. The zero-order valence-corrected chi connectivity index (χ0v) is 12.2. The fourth-order valence-corrected chi connectivity index (χ4v) is 2.44. The van der Waals surface area contributed by atoms with Gasteiger partial charge < -0.3 is 10.2 Å². The summed E-state index contributed by atoms with van der Waals surface area (Å²) in [7, 11) is 0. The summed E-state index contributed by atoms with van der Waals surface area (Å²) >= 11 is 0. The van der Waals surface area contributed by atoms with E-state index in [1.807, 2.05) is 0 Å². The van der Waals surface area contributed by atoms with Crippen LogP contribution in [0.2, 0.25) is 0 Å². The first-order valence-electron chi connectivity index (χ1n) is 6.86. The van der Waals surface area contributed by atoms with Gasteiger partial charge in [-0.15, -0.1) is 0 Å². The van der Waals surface area contributed by atoms with Gasteiger partial charge in [-0.2, -0.15) is 0 Å². The number of hydrogen-bond donors (Lipinski definition) is 1. The van der Waals surface area contributed by atoms with Gasteiger partial charge in [0.05, 0.1) is 0 Å². The Kier molecular flexibility index (Phi) is 3.98. The van der Waals surface area contributed by atoms with E-state index in [-0.39, 0.29) is 18.4 Å². The number of nitrogens with zero attached hydrogens (tertiary/aromatic N) is 1. The maximum atomic E-state index is 13.3. The number of rotatable bonds is 3. The highest BCUT2D eigenvalue weighted by Crippen LogP contribution is 2.27. The van der Waals surface area contributed by atoms with E-state index in [0.29, 0.717) is 12.0 Å². The quantitative estimate of drug-likeness (QED) is 0.927. The van der Waals surface area contributed by atoms with Crippen molar-refractivity contribution in [3.05, 3.63) is 35.4 Å². The molecule has 2 unspecified atom stereocenters. The Morgan fingerprint density at radius 3 is 2.52 bits per heavy atom. The fourth-order valence-electron chi connectivity index (χ4n) is 2.44. The summed E-state index contributed by atoms with van der Waals surface area (Å²) in [5.74, 6) is -2.37. The highest BCUT2D eigenvalue weighted by molar-refractivity contribution is 5.99. The molecule has 0 saturated carbocycles. The molecule has 1 fully saturated rings. The molecule has 1 aromatic rings. The average molecular weight is 296 g/mol. The zero-order valence-electron chi connectivity index (χ0n) is 12.2. The summed E-state index contributed by atoms with van der Waals surface area (Å²) in [4.78, 5) is 26.0. The third kappa shape index (κ3) is 2.62. The van der Waals surface area contributed by atoms with Gasteiger partial charge in [0.2, 0.25) is 11.8 Å². The largest absolute Gasteiger partial charge is 0.343 e. The Balaban J connectivity index is 2.35. The number of hydrogen-bond acceptors (Lipinski definition) is 2. The standard InChI is InChI=1S/C15H18F2N2O2/c1-4-15(3)14(21)18-9(2)13(20)19(15)8-10-5-6-11(16)12(17)7-10/h5-7,9H,4,8H2,1-3H3,(H,18,21). The summed E-state index contributed by atoms with van der Waals surface area (Å²) in [6.07, 6.45) is 0.432. The van der Waals surface area contributed by atoms with Gasteiger partial charge in [0.25, 0.3) is 0 Å². The molecule has 1 aliphatic heterocycles. The molecular formula is C15H18F2N2O2. The number of piperazine rings is 1. The van der Waals surface area contributed by atoms with Crippen molar-refractivity contribution in [1.82, 2.24) is 10.2 Å². The third-order valence-electron chi connectivity index (χ3n) is 4.08. The second-order valence-electron chi connectivity index (χ2n) is 5.50. The van der Waals surface area contributed by atoms with Crippen LogP contribution in [0.3, 0.4) is 0 Å². The second-order valence-corrected chi connectivity index (χ2v) is 5.50. The zero-order chi connectivity index (χ0) is 15.8. The van der Waals surface area contributed by atoms with Gasteiger partial charge in [-0.3, -0.25) is 9.59 Å². The molecule has 1 aliphatic rings. The van der Waals surface area contributed by atoms with Gasteiger partial charge in [0.15, 0.2) is 11.6 Å². The summed E-state index contributed by atoms with van der Waals surface area (Å²) in [6, 6.07) is 2.86. The summed E-state index contributed by atoms with van der Waals surface area (Å²) in [5.41, 5.74) is -0.544. The van der Waals surface area contributed by atoms with Crippen molar-refractivity contribution in [2.75, 3.05) is 0 Å². The van der Waals surface area contributed by atoms with Crippen molar-refractivity contribution in [3.63, 3.8) is 0 Å². The van der Waals surface area contributed by atoms with Gasteiger partial charge in [0, 0.05) is 6.54 Å². The Hall–Kier alpha value is -1.98. The van der Waals surface area contributed by atoms with Crippen LogP contribution in [0.15, 0.2) is 18.2 Å². The van der Waals surface area contributed by atoms with Crippen LogP contribution in [0.5, 0.6) is 0 Å². The Morgan fingerprint density at radius 2 is 1.95 bits per heavy atom. The van der Waals surface area contributed by atoms with Gasteiger partial charge in [-0.25, -0.2) is 8.78 Å². The van der Waals surface area contributed by atoms with Crippen LogP contribution in [0, 0.1) is 11.6 Å². The molecule has 1 N–H and O–H groups in total. The first kappa shape index (κ1) is 15.4. The molecule has 4 nitrogen and oxygen atoms in total. The van der Waals surface area contributed by atoms with Crippen LogP contribution in [0.25, 0.3) is 0 Å². The lowest BCUT2D eigenvalue weighted by Gasteiger charge is -2.45. The van der Waals surface area contributed by atoms with Crippen LogP contribution in [-0.4, -0.2) is 28.3 Å². The highest BCUT2D eigenvalue weighted by atomic mass is 19.2. The summed E-state index contributed by atoms with van der Waals surface area (Å²) in [6.45, 7) is 5.15. The maximum absolute atomic E-state index is 13.3. The predicted molar refractivity (Wildman–Crippen MR) is 73.2 cm³/mol. The Morgan fingerprint density at radius 1 is 1.29 bits per heavy atom. The SMILES string of the molecule is CCC1(C)C(=O)NC(C)C(=O)N1Cc1ccc(F)c(F)c1. The molecule has 1 saturated heterocycles. The second kappa shape index (κ2) is 5.42. The lowest BCUT2D eigenvalue weighted by Crippen LogP contribution is -2.68. The van der Waals surface area contributed by atoms with E-state index < -0.39 is 23.2 Å². The van der Waals surface area contributed by atoms with Crippen molar-refractivity contribution in [2.45, 2.75) is 45.3 Å². The molecular weight excluding hydrogens is 278 g/mol. The average Bonchev–Trinajstić information content (AvgIpc) is 2.45. The van der Waals surface area contributed by atoms with Gasteiger partial charge in [-0.1, -0.05) is 13.0 Å². The lowest BCUT2D eigenvalue weighted by atomic mass is 9.90. The van der Waals surface area contributed by atoms with Gasteiger partial charge in [-0.05, 0) is 38.0 Å². The maximum Gasteiger partial charge on any atom is 0.246 e. The van der Waals surface area contributed by atoms with Crippen LogP contribution < -0.4 is 5.32 Å². The van der Waals surface area contributed by atoms with Gasteiger partial charge in [0.1, 0.15) is 11.6 Å². The highest BCUT2D eigenvalue weighted by Gasteiger charge is 2.46. The molecule has 1 heterocycles. The van der Waals surface area contributed by atoms with Crippen LogP contribution >= 0.6 is 0 Å². The van der Waals surface area contributed by atoms with Crippen molar-refractivity contribution in [3.8, 4) is 0 Å². The molecule has 2 rings (SSSR count). The molecule has 0 spiro atoms. The molecule has 0 radical (unpaired) electrons. The molecule has 114 valence electrons. The van der Waals surface area contributed by atoms with Crippen LogP contribution in [-0.2, 0) is 16.1 Å². The molecule has 0 bridgehead atoms. The van der Waals surface area contributed by atoms with Gasteiger partial charge >= 0.3 is 0 Å². The Labute approximate surface area is 122 Å². The molecule has 2 atom stereocenters. The molecule has 2 amide bonds.